The summed E-state index contributed by atoms with van der Waals surface area (Å²) in [7, 11) is 0. The quantitative estimate of drug-likeness (QED) is 0.869. The van der Waals surface area contributed by atoms with Gasteiger partial charge >= 0.3 is 0 Å². The Hall–Kier alpha value is -1.88. The van der Waals surface area contributed by atoms with Crippen molar-refractivity contribution in [2.75, 3.05) is 11.4 Å². The van der Waals surface area contributed by atoms with Crippen molar-refractivity contribution in [3.05, 3.63) is 41.4 Å². The Morgan fingerprint density at radius 1 is 1.45 bits per heavy atom. The van der Waals surface area contributed by atoms with Crippen molar-refractivity contribution in [1.29, 1.82) is 0 Å². The number of hydrogen-bond donors (Lipinski definition) is 0. The van der Waals surface area contributed by atoms with E-state index in [-0.39, 0.29) is 11.9 Å². The van der Waals surface area contributed by atoms with Crippen LogP contribution >= 0.6 is 11.6 Å². The molecule has 0 aliphatic carbocycles. The van der Waals surface area contributed by atoms with Crippen LogP contribution in [0, 0.1) is 0 Å². The maximum absolute atomic E-state index is 12.6. The van der Waals surface area contributed by atoms with E-state index in [1.807, 2.05) is 26.8 Å². The minimum absolute atomic E-state index is 0.109. The van der Waals surface area contributed by atoms with Crippen molar-refractivity contribution >= 4 is 23.2 Å². The van der Waals surface area contributed by atoms with E-state index in [0.717, 1.165) is 5.69 Å². The summed E-state index contributed by atoms with van der Waals surface area (Å²) in [5.41, 5.74) is 1.15. The van der Waals surface area contributed by atoms with Gasteiger partial charge in [0.25, 0.3) is 5.91 Å². The summed E-state index contributed by atoms with van der Waals surface area (Å²) in [6.45, 7) is 6.37. The molecule has 2 aromatic heterocycles. The first-order valence-corrected chi connectivity index (χ1v) is 6.89. The second kappa shape index (κ2) is 6.05. The number of anilines is 1. The van der Waals surface area contributed by atoms with E-state index in [2.05, 4.69) is 10.1 Å². The number of rotatable bonds is 4. The van der Waals surface area contributed by atoms with E-state index >= 15 is 0 Å². The maximum Gasteiger partial charge on any atom is 0.263 e. The average molecular weight is 293 g/mol. The molecule has 0 saturated carbocycles. The van der Waals surface area contributed by atoms with Crippen molar-refractivity contribution in [2.45, 2.75) is 26.8 Å². The van der Waals surface area contributed by atoms with E-state index in [0.29, 0.717) is 17.3 Å². The summed E-state index contributed by atoms with van der Waals surface area (Å²) in [6.07, 6.45) is 4.84. The zero-order chi connectivity index (χ0) is 14.7. The minimum Gasteiger partial charge on any atom is -0.307 e. The van der Waals surface area contributed by atoms with Crippen LogP contribution in [0.4, 0.5) is 5.69 Å². The highest BCUT2D eigenvalue weighted by Gasteiger charge is 2.22. The van der Waals surface area contributed by atoms with E-state index < -0.39 is 0 Å². The molecule has 0 saturated heterocycles. The molecule has 0 aliphatic rings. The molecule has 5 nitrogen and oxygen atoms in total. The Balaban J connectivity index is 2.35. The molecule has 0 aliphatic heterocycles. The lowest BCUT2D eigenvalue weighted by atomic mass is 10.2. The molecule has 0 atom stereocenters. The van der Waals surface area contributed by atoms with Gasteiger partial charge in [-0.2, -0.15) is 5.10 Å². The zero-order valence-electron chi connectivity index (χ0n) is 11.7. The Labute approximate surface area is 123 Å². The van der Waals surface area contributed by atoms with Crippen LogP contribution < -0.4 is 4.90 Å². The highest BCUT2D eigenvalue weighted by Crippen LogP contribution is 2.23. The number of nitrogens with zero attached hydrogens (tertiary/aromatic N) is 4. The van der Waals surface area contributed by atoms with Crippen molar-refractivity contribution in [3.63, 3.8) is 0 Å². The predicted octanol–water partition coefficient (Wildman–Crippen LogP) is 3.18. The molecule has 0 spiro atoms. The molecule has 106 valence electrons. The Morgan fingerprint density at radius 3 is 2.70 bits per heavy atom. The number of hydrogen-bond acceptors (Lipinski definition) is 3. The van der Waals surface area contributed by atoms with E-state index in [1.165, 1.54) is 6.20 Å². The zero-order valence-corrected chi connectivity index (χ0v) is 12.5. The van der Waals surface area contributed by atoms with Crippen molar-refractivity contribution in [2.24, 2.45) is 0 Å². The fraction of sp³-hybridized carbons (Fsp3) is 0.357. The number of halogens is 1. The number of amides is 1. The lowest BCUT2D eigenvalue weighted by molar-refractivity contribution is 0.0988. The van der Waals surface area contributed by atoms with Gasteiger partial charge in [-0.1, -0.05) is 11.6 Å². The van der Waals surface area contributed by atoms with Gasteiger partial charge in [0, 0.05) is 18.8 Å². The van der Waals surface area contributed by atoms with Crippen molar-refractivity contribution < 1.29 is 4.79 Å². The van der Waals surface area contributed by atoms with Crippen LogP contribution in [-0.4, -0.2) is 27.2 Å². The van der Waals surface area contributed by atoms with Gasteiger partial charge in [-0.25, -0.2) is 0 Å². The molecular formula is C14H17ClN4O. The predicted molar refractivity (Wildman–Crippen MR) is 79.2 cm³/mol. The average Bonchev–Trinajstić information content (AvgIpc) is 2.82. The van der Waals surface area contributed by atoms with Crippen LogP contribution in [0.5, 0.6) is 0 Å². The van der Waals surface area contributed by atoms with Crippen LogP contribution in [0.2, 0.25) is 5.15 Å². The Bertz CT molecular complexity index is 594. The molecule has 0 unspecified atom stereocenters. The van der Waals surface area contributed by atoms with E-state index in [9.17, 15) is 4.79 Å². The summed E-state index contributed by atoms with van der Waals surface area (Å²) in [5, 5.41) is 4.54. The lowest BCUT2D eigenvalue weighted by Crippen LogP contribution is -2.30. The van der Waals surface area contributed by atoms with Crippen LogP contribution in [0.3, 0.4) is 0 Å². The van der Waals surface area contributed by atoms with Gasteiger partial charge in [-0.15, -0.1) is 0 Å². The first-order chi connectivity index (χ1) is 9.56. The maximum atomic E-state index is 12.6. The molecule has 0 N–H and O–H groups in total. The smallest absolute Gasteiger partial charge is 0.263 e. The fourth-order valence-electron chi connectivity index (χ4n) is 1.95. The highest BCUT2D eigenvalue weighted by atomic mass is 35.5. The van der Waals surface area contributed by atoms with E-state index in [1.54, 1.807) is 28.0 Å². The number of carbonyl (C=O) groups excluding carboxylic acids is 1. The van der Waals surface area contributed by atoms with Crippen LogP contribution in [0.15, 0.2) is 30.7 Å². The van der Waals surface area contributed by atoms with Crippen LogP contribution in [-0.2, 0) is 0 Å². The largest absolute Gasteiger partial charge is 0.307 e. The minimum atomic E-state index is -0.169. The molecule has 0 radical (unpaired) electrons. The topological polar surface area (TPSA) is 51.0 Å². The summed E-state index contributed by atoms with van der Waals surface area (Å²) in [4.78, 5) is 18.3. The normalized spacial score (nSPS) is 10.8. The SMILES string of the molecule is CCN(C(=O)c1cnn(C(C)C)c1Cl)c1cccnc1. The molecule has 20 heavy (non-hydrogen) atoms. The summed E-state index contributed by atoms with van der Waals surface area (Å²) in [5.74, 6) is -0.169. The first kappa shape index (κ1) is 14.5. The van der Waals surface area contributed by atoms with Gasteiger partial charge in [0.15, 0.2) is 0 Å². The monoisotopic (exact) mass is 292 g/mol. The molecule has 2 rings (SSSR count). The molecular weight excluding hydrogens is 276 g/mol. The molecule has 2 aromatic rings. The first-order valence-electron chi connectivity index (χ1n) is 6.51. The van der Waals surface area contributed by atoms with Gasteiger partial charge in [0.1, 0.15) is 5.15 Å². The fourth-order valence-corrected chi connectivity index (χ4v) is 2.32. The van der Waals surface area contributed by atoms with Gasteiger partial charge in [-0.05, 0) is 32.9 Å². The van der Waals surface area contributed by atoms with Crippen LogP contribution in [0.1, 0.15) is 37.2 Å². The van der Waals surface area contributed by atoms with Crippen LogP contribution in [0.25, 0.3) is 0 Å². The summed E-state index contributed by atoms with van der Waals surface area (Å²) < 4.78 is 1.63. The third-order valence-electron chi connectivity index (χ3n) is 2.97. The standard InChI is InChI=1S/C14H17ClN4O/c1-4-18(11-6-5-7-16-8-11)14(20)12-9-17-19(10(2)3)13(12)15/h5-10H,4H2,1-3H3. The van der Waals surface area contributed by atoms with E-state index in [4.69, 9.17) is 11.6 Å². The van der Waals surface area contributed by atoms with Gasteiger partial charge < -0.3 is 4.90 Å². The second-order valence-electron chi connectivity index (χ2n) is 4.65. The molecule has 0 fully saturated rings. The van der Waals surface area contributed by atoms with Gasteiger partial charge in [0.05, 0.1) is 23.6 Å². The lowest BCUT2D eigenvalue weighted by Gasteiger charge is -2.20. The molecule has 1 amide bonds. The molecule has 2 heterocycles. The molecule has 0 bridgehead atoms. The molecule has 0 aromatic carbocycles. The summed E-state index contributed by atoms with van der Waals surface area (Å²) >= 11 is 6.24. The third kappa shape index (κ3) is 2.67. The molecule has 6 heteroatoms. The van der Waals surface area contributed by atoms with Gasteiger partial charge in [-0.3, -0.25) is 14.5 Å². The van der Waals surface area contributed by atoms with Crippen molar-refractivity contribution in [3.8, 4) is 0 Å². The Morgan fingerprint density at radius 2 is 2.20 bits per heavy atom. The second-order valence-corrected chi connectivity index (χ2v) is 5.01. The highest BCUT2D eigenvalue weighted by molar-refractivity contribution is 6.33. The van der Waals surface area contributed by atoms with Crippen molar-refractivity contribution in [1.82, 2.24) is 14.8 Å². The number of carbonyl (C=O) groups is 1. The van der Waals surface area contributed by atoms with Gasteiger partial charge in [0.2, 0.25) is 0 Å². The third-order valence-corrected chi connectivity index (χ3v) is 3.35. The number of pyridine rings is 1. The summed E-state index contributed by atoms with van der Waals surface area (Å²) in [6, 6.07) is 3.75. The Kier molecular flexibility index (Phi) is 4.39. The number of aromatic nitrogens is 3.